The molecule has 2 aliphatic heterocycles. The molecule has 2 aromatic rings. The third kappa shape index (κ3) is 6.05. The Balaban J connectivity index is 1.45. The highest BCUT2D eigenvalue weighted by molar-refractivity contribution is 5.95. The quantitative estimate of drug-likeness (QED) is 0.494. The van der Waals surface area contributed by atoms with E-state index >= 15 is 0 Å². The van der Waals surface area contributed by atoms with E-state index in [9.17, 15) is 14.4 Å². The van der Waals surface area contributed by atoms with Gasteiger partial charge in [-0.1, -0.05) is 6.92 Å². The van der Waals surface area contributed by atoms with Crippen molar-refractivity contribution >= 4 is 35.0 Å². The summed E-state index contributed by atoms with van der Waals surface area (Å²) in [6.07, 6.45) is 2.00. The normalized spacial score (nSPS) is 24.1. The van der Waals surface area contributed by atoms with Crippen molar-refractivity contribution in [3.63, 3.8) is 0 Å². The van der Waals surface area contributed by atoms with Gasteiger partial charge in [-0.05, 0) is 88.9 Å². The second-order valence-electron chi connectivity index (χ2n) is 13.1. The average molecular weight is 576 g/mol. The van der Waals surface area contributed by atoms with Crippen LogP contribution in [0, 0.1) is 11.8 Å². The van der Waals surface area contributed by atoms with Crippen LogP contribution in [-0.2, 0) is 9.53 Å². The summed E-state index contributed by atoms with van der Waals surface area (Å²) in [7, 11) is 1.63. The van der Waals surface area contributed by atoms with E-state index in [0.29, 0.717) is 31.1 Å². The van der Waals surface area contributed by atoms with Crippen LogP contribution in [-0.4, -0.2) is 67.2 Å². The summed E-state index contributed by atoms with van der Waals surface area (Å²) in [5, 5.41) is 6.44. The number of nitrogens with one attached hydrogen (secondary N) is 2. The molecule has 5 rings (SSSR count). The van der Waals surface area contributed by atoms with Crippen molar-refractivity contribution in [2.75, 3.05) is 41.8 Å². The molecule has 1 aliphatic carbocycles. The molecule has 0 unspecified atom stereocenters. The lowest BCUT2D eigenvalue weighted by molar-refractivity contribution is -0.117. The molecule has 2 heterocycles. The lowest BCUT2D eigenvalue weighted by atomic mass is 9.79. The summed E-state index contributed by atoms with van der Waals surface area (Å²) >= 11 is 0. The molecule has 9 heteroatoms. The van der Waals surface area contributed by atoms with Crippen molar-refractivity contribution in [1.82, 2.24) is 10.2 Å². The van der Waals surface area contributed by atoms with Gasteiger partial charge < -0.3 is 30.1 Å². The molecule has 9 nitrogen and oxygen atoms in total. The van der Waals surface area contributed by atoms with E-state index in [-0.39, 0.29) is 42.0 Å². The van der Waals surface area contributed by atoms with Crippen molar-refractivity contribution in [3.8, 4) is 0 Å². The average Bonchev–Trinajstić information content (AvgIpc) is 3.78. The number of nitrogens with zero attached hydrogens (tertiary/aromatic N) is 3. The van der Waals surface area contributed by atoms with Crippen LogP contribution >= 0.6 is 0 Å². The summed E-state index contributed by atoms with van der Waals surface area (Å²) < 4.78 is 5.64. The number of piperazine rings is 1. The minimum Gasteiger partial charge on any atom is -0.444 e. The molecule has 4 atom stereocenters. The van der Waals surface area contributed by atoms with E-state index in [2.05, 4.69) is 47.6 Å². The predicted molar refractivity (Wildman–Crippen MR) is 166 cm³/mol. The van der Waals surface area contributed by atoms with E-state index < -0.39 is 5.60 Å². The molecule has 2 fully saturated rings. The zero-order valence-electron chi connectivity index (χ0n) is 25.9. The Bertz CT molecular complexity index is 1330. The van der Waals surface area contributed by atoms with Crippen LogP contribution in [0.25, 0.3) is 0 Å². The van der Waals surface area contributed by atoms with Crippen LogP contribution in [0.15, 0.2) is 42.5 Å². The summed E-state index contributed by atoms with van der Waals surface area (Å²) in [4.78, 5) is 44.1. The number of carbonyl (C=O) groups is 3. The molecule has 226 valence electrons. The van der Waals surface area contributed by atoms with Crippen molar-refractivity contribution in [2.45, 2.75) is 78.1 Å². The van der Waals surface area contributed by atoms with Gasteiger partial charge in [0, 0.05) is 79.8 Å². The van der Waals surface area contributed by atoms with Gasteiger partial charge in [0.2, 0.25) is 5.91 Å². The van der Waals surface area contributed by atoms with Crippen LogP contribution in [0.1, 0.15) is 76.3 Å². The number of rotatable bonds is 5. The first kappa shape index (κ1) is 29.7. The molecule has 3 aliphatic rings. The number of hydrogen-bond donors (Lipinski definition) is 2. The van der Waals surface area contributed by atoms with Crippen molar-refractivity contribution in [3.05, 3.63) is 53.6 Å². The lowest BCUT2D eigenvalue weighted by Crippen LogP contribution is -2.55. The van der Waals surface area contributed by atoms with Gasteiger partial charge in [-0.2, -0.15) is 0 Å². The van der Waals surface area contributed by atoms with E-state index in [0.717, 1.165) is 35.5 Å². The van der Waals surface area contributed by atoms with Gasteiger partial charge in [0.15, 0.2) is 0 Å². The standard InChI is InChI=1S/C33H45N5O4/c1-20-19-36(16-17-37(20)32(41)42-33(4,5)6)26-14-15-28-27(18-26)29(21(2)30(23-8-9-23)38(28)22(3)39)35-25-12-10-24(11-13-25)31(40)34-7/h10-15,18,20-21,23,29-30,35H,8-9,16-17,19H2,1-7H3,(H,34,40)/t20-,21-,29-,30+/m0/s1. The van der Waals surface area contributed by atoms with E-state index in [1.165, 1.54) is 0 Å². The molecular formula is C33H45N5O4. The number of benzene rings is 2. The highest BCUT2D eigenvalue weighted by atomic mass is 16.6. The maximum atomic E-state index is 13.1. The van der Waals surface area contributed by atoms with Gasteiger partial charge in [-0.15, -0.1) is 0 Å². The van der Waals surface area contributed by atoms with Crippen LogP contribution < -0.4 is 20.4 Å². The maximum absolute atomic E-state index is 13.1. The monoisotopic (exact) mass is 575 g/mol. The molecule has 0 radical (unpaired) electrons. The van der Waals surface area contributed by atoms with Crippen LogP contribution in [0.2, 0.25) is 0 Å². The Morgan fingerprint density at radius 1 is 0.976 bits per heavy atom. The molecule has 0 bridgehead atoms. The van der Waals surface area contributed by atoms with E-state index in [1.807, 2.05) is 54.8 Å². The second-order valence-corrected chi connectivity index (χ2v) is 13.1. The SMILES string of the molecule is CNC(=O)c1ccc(N[C@@H]2c3cc(N4CCN(C(=O)OC(C)(C)C)[C@@H](C)C4)ccc3N(C(C)=O)[C@@H](C3CC3)[C@H]2C)cc1. The maximum Gasteiger partial charge on any atom is 0.410 e. The zero-order valence-corrected chi connectivity index (χ0v) is 25.9. The molecule has 1 saturated heterocycles. The van der Waals surface area contributed by atoms with Crippen LogP contribution in [0.3, 0.4) is 0 Å². The van der Waals surface area contributed by atoms with Crippen molar-refractivity contribution in [1.29, 1.82) is 0 Å². The first-order chi connectivity index (χ1) is 19.9. The third-order valence-corrected chi connectivity index (χ3v) is 8.73. The molecule has 42 heavy (non-hydrogen) atoms. The molecule has 1 saturated carbocycles. The highest BCUT2D eigenvalue weighted by Gasteiger charge is 2.47. The van der Waals surface area contributed by atoms with Crippen LogP contribution in [0.4, 0.5) is 21.9 Å². The van der Waals surface area contributed by atoms with Crippen molar-refractivity contribution < 1.29 is 19.1 Å². The highest BCUT2D eigenvalue weighted by Crippen LogP contribution is 2.50. The number of hydrogen-bond acceptors (Lipinski definition) is 6. The molecule has 2 aromatic carbocycles. The first-order valence-corrected chi connectivity index (χ1v) is 15.1. The fourth-order valence-corrected chi connectivity index (χ4v) is 6.58. The van der Waals surface area contributed by atoms with E-state index in [1.54, 1.807) is 14.0 Å². The van der Waals surface area contributed by atoms with Gasteiger partial charge in [-0.25, -0.2) is 4.79 Å². The topological polar surface area (TPSA) is 94.2 Å². The van der Waals surface area contributed by atoms with Gasteiger partial charge >= 0.3 is 6.09 Å². The second kappa shape index (κ2) is 11.5. The number of amides is 3. The molecule has 3 amide bonds. The summed E-state index contributed by atoms with van der Waals surface area (Å²) in [5.74, 6) is 0.624. The molecule has 2 N–H and O–H groups in total. The molecule has 0 aromatic heterocycles. The Labute approximate surface area is 249 Å². The van der Waals surface area contributed by atoms with Gasteiger partial charge in [0.25, 0.3) is 5.91 Å². The number of anilines is 3. The molecule has 0 spiro atoms. The Morgan fingerprint density at radius 2 is 1.67 bits per heavy atom. The summed E-state index contributed by atoms with van der Waals surface area (Å²) in [5.41, 5.74) is 4.13. The molecular weight excluding hydrogens is 530 g/mol. The smallest absolute Gasteiger partial charge is 0.410 e. The minimum atomic E-state index is -0.533. The fraction of sp³-hybridized carbons (Fsp3) is 0.545. The van der Waals surface area contributed by atoms with Gasteiger partial charge in [0.1, 0.15) is 5.60 Å². The predicted octanol–water partition coefficient (Wildman–Crippen LogP) is 5.43. The first-order valence-electron chi connectivity index (χ1n) is 15.1. The van der Waals surface area contributed by atoms with E-state index in [4.69, 9.17) is 4.74 Å². The Kier molecular flexibility index (Phi) is 8.14. The van der Waals surface area contributed by atoms with Gasteiger partial charge in [0.05, 0.1) is 6.04 Å². The number of ether oxygens (including phenoxy) is 1. The largest absolute Gasteiger partial charge is 0.444 e. The summed E-state index contributed by atoms with van der Waals surface area (Å²) in [6.45, 7) is 13.6. The minimum absolute atomic E-state index is 0.00993. The fourth-order valence-electron chi connectivity index (χ4n) is 6.58. The van der Waals surface area contributed by atoms with Crippen molar-refractivity contribution in [2.24, 2.45) is 11.8 Å². The number of carbonyl (C=O) groups excluding carboxylic acids is 3. The lowest BCUT2D eigenvalue weighted by Gasteiger charge is -2.47. The third-order valence-electron chi connectivity index (χ3n) is 8.73. The summed E-state index contributed by atoms with van der Waals surface area (Å²) in [6, 6.07) is 14.1. The Hall–Kier alpha value is -3.75. The number of fused-ring (bicyclic) bond motifs is 1. The Morgan fingerprint density at radius 3 is 2.24 bits per heavy atom. The van der Waals surface area contributed by atoms with Gasteiger partial charge in [-0.3, -0.25) is 9.59 Å². The zero-order chi connectivity index (χ0) is 30.3. The van der Waals surface area contributed by atoms with Crippen LogP contribution in [0.5, 0.6) is 0 Å².